The molecule has 2 aromatic rings. The van der Waals surface area contributed by atoms with Gasteiger partial charge < -0.3 is 13.9 Å². The third-order valence-corrected chi connectivity index (χ3v) is 5.44. The van der Waals surface area contributed by atoms with Crippen molar-refractivity contribution >= 4 is 39.2 Å². The Labute approximate surface area is 187 Å². The van der Waals surface area contributed by atoms with Crippen molar-refractivity contribution in [2.24, 2.45) is 0 Å². The summed E-state index contributed by atoms with van der Waals surface area (Å²) < 4.78 is 44.9. The third-order valence-electron chi connectivity index (χ3n) is 4.72. The van der Waals surface area contributed by atoms with Crippen LogP contribution in [0.2, 0.25) is 0 Å². The molecule has 1 aliphatic carbocycles. The number of halogens is 3. The number of hydrogen-bond acceptors (Lipinski definition) is 6. The highest BCUT2D eigenvalue weighted by Gasteiger charge is 2.24. The van der Waals surface area contributed by atoms with Gasteiger partial charge in [-0.25, -0.2) is 8.78 Å². The molecule has 0 fully saturated rings. The Morgan fingerprint density at radius 1 is 1.12 bits per heavy atom. The normalized spacial score (nSPS) is 11.0. The fourth-order valence-electron chi connectivity index (χ4n) is 3.28. The molecule has 0 spiro atoms. The summed E-state index contributed by atoms with van der Waals surface area (Å²) in [6.45, 7) is 0.651. The maximum atomic E-state index is 15.0. The summed E-state index contributed by atoms with van der Waals surface area (Å²) in [5, 5.41) is 0.263. The minimum absolute atomic E-state index is 0.0663. The van der Waals surface area contributed by atoms with Crippen molar-refractivity contribution in [2.45, 2.75) is 6.92 Å². The summed E-state index contributed by atoms with van der Waals surface area (Å²) >= 11 is 3.25. The molecule has 0 amide bonds. The molecule has 0 atom stereocenters. The van der Waals surface area contributed by atoms with E-state index in [2.05, 4.69) is 15.9 Å². The Balaban J connectivity index is 2.04. The van der Waals surface area contributed by atoms with E-state index in [9.17, 15) is 23.2 Å². The average molecular weight is 503 g/mol. The number of hydrogen-bond donors (Lipinski definition) is 0. The number of carbonyl (C=O) groups is 2. The van der Waals surface area contributed by atoms with Gasteiger partial charge in [-0.1, -0.05) is 24.3 Å². The van der Waals surface area contributed by atoms with Crippen molar-refractivity contribution in [2.75, 3.05) is 6.79 Å². The molecule has 1 aliphatic heterocycles. The summed E-state index contributed by atoms with van der Waals surface area (Å²) in [6, 6.07) is 9.53. The zero-order valence-corrected chi connectivity index (χ0v) is 18.0. The van der Waals surface area contributed by atoms with Crippen LogP contribution in [0, 0.1) is 11.6 Å². The van der Waals surface area contributed by atoms with E-state index in [-0.39, 0.29) is 32.5 Å². The molecule has 0 N–H and O–H groups in total. The van der Waals surface area contributed by atoms with Crippen LogP contribution in [0.25, 0.3) is 33.4 Å². The minimum atomic E-state index is -0.987. The van der Waals surface area contributed by atoms with E-state index in [1.807, 2.05) is 0 Å². The fraction of sp³-hybridized carbons (Fsp3) is 0.0870. The summed E-state index contributed by atoms with van der Waals surface area (Å²) in [5.74, 6) is -2.59. The van der Waals surface area contributed by atoms with Crippen molar-refractivity contribution in [3.8, 4) is 28.2 Å². The standard InChI is InChI=1S/C23H13BrF2O6/c1-11(28)30-10-31-23-17(26)7-15-20(13-4-2-12(9-27)3-5-13)14-6-16(25)18(29)8-19(14)32-22(15)21(23)24/h2-9H,10H2,1H3. The quantitative estimate of drug-likeness (QED) is 0.159. The van der Waals surface area contributed by atoms with Crippen molar-refractivity contribution in [1.82, 2.24) is 0 Å². The molecule has 1 heterocycles. The molecule has 2 aliphatic rings. The van der Waals surface area contributed by atoms with E-state index in [0.717, 1.165) is 18.2 Å². The van der Waals surface area contributed by atoms with Crippen LogP contribution in [-0.2, 0) is 9.53 Å². The van der Waals surface area contributed by atoms with Crippen molar-refractivity contribution < 1.29 is 32.3 Å². The van der Waals surface area contributed by atoms with Crippen LogP contribution >= 0.6 is 15.9 Å². The first kappa shape index (κ1) is 21.6. The monoisotopic (exact) mass is 502 g/mol. The molecule has 9 heteroatoms. The first-order chi connectivity index (χ1) is 15.3. The summed E-state index contributed by atoms with van der Waals surface area (Å²) in [4.78, 5) is 33.9. The van der Waals surface area contributed by atoms with Gasteiger partial charge in [-0.2, -0.15) is 0 Å². The minimum Gasteiger partial charge on any atom is -0.455 e. The van der Waals surface area contributed by atoms with Crippen molar-refractivity contribution in [3.63, 3.8) is 0 Å². The zero-order valence-electron chi connectivity index (χ0n) is 16.4. The number of fused-ring (bicyclic) bond motifs is 2. The van der Waals surface area contributed by atoms with E-state index in [4.69, 9.17) is 13.9 Å². The van der Waals surface area contributed by atoms with Gasteiger partial charge >= 0.3 is 5.97 Å². The molecule has 6 nitrogen and oxygen atoms in total. The lowest BCUT2D eigenvalue weighted by atomic mass is 9.93. The lowest BCUT2D eigenvalue weighted by molar-refractivity contribution is -0.147. The van der Waals surface area contributed by atoms with Gasteiger partial charge in [-0.05, 0) is 33.6 Å². The molecule has 2 aromatic carbocycles. The molecular weight excluding hydrogens is 490 g/mol. The maximum absolute atomic E-state index is 15.0. The summed E-state index contributed by atoms with van der Waals surface area (Å²) in [6.07, 6.45) is 0.673. The van der Waals surface area contributed by atoms with E-state index in [1.54, 1.807) is 24.3 Å². The van der Waals surface area contributed by atoms with Crippen LogP contribution < -0.4 is 10.2 Å². The van der Waals surface area contributed by atoms with Crippen molar-refractivity contribution in [3.05, 3.63) is 74.4 Å². The van der Waals surface area contributed by atoms with Gasteiger partial charge in [0.05, 0.1) is 0 Å². The van der Waals surface area contributed by atoms with E-state index in [1.165, 1.54) is 6.92 Å². The molecule has 0 saturated heterocycles. The second-order valence-electron chi connectivity index (χ2n) is 6.77. The van der Waals surface area contributed by atoms with Crippen LogP contribution in [-0.4, -0.2) is 19.0 Å². The Kier molecular flexibility index (Phi) is 5.75. The molecule has 0 saturated carbocycles. The molecule has 32 heavy (non-hydrogen) atoms. The predicted molar refractivity (Wildman–Crippen MR) is 115 cm³/mol. The molecule has 0 radical (unpaired) electrons. The topological polar surface area (TPSA) is 82.8 Å². The van der Waals surface area contributed by atoms with E-state index >= 15 is 0 Å². The predicted octanol–water partition coefficient (Wildman–Crippen LogP) is 5.32. The van der Waals surface area contributed by atoms with Gasteiger partial charge in [0.25, 0.3) is 0 Å². The van der Waals surface area contributed by atoms with Crippen molar-refractivity contribution in [1.29, 1.82) is 0 Å². The van der Waals surface area contributed by atoms with Crippen LogP contribution in [0.3, 0.4) is 0 Å². The lowest BCUT2D eigenvalue weighted by Gasteiger charge is -2.18. The Bertz CT molecular complexity index is 1390. The highest BCUT2D eigenvalue weighted by Crippen LogP contribution is 2.45. The first-order valence-electron chi connectivity index (χ1n) is 9.20. The number of carbonyl (C=O) groups excluding carboxylic acids is 2. The third kappa shape index (κ3) is 3.87. The highest BCUT2D eigenvalue weighted by molar-refractivity contribution is 9.10. The number of benzene rings is 3. The molecule has 0 aromatic heterocycles. The van der Waals surface area contributed by atoms with Gasteiger partial charge in [0.1, 0.15) is 16.5 Å². The lowest BCUT2D eigenvalue weighted by Crippen LogP contribution is -2.09. The van der Waals surface area contributed by atoms with Gasteiger partial charge in [-0.15, -0.1) is 0 Å². The molecular formula is C23H13BrF2O6. The maximum Gasteiger partial charge on any atom is 0.305 e. The Morgan fingerprint density at radius 3 is 2.50 bits per heavy atom. The molecule has 162 valence electrons. The zero-order chi connectivity index (χ0) is 23.0. The molecule has 0 unspecified atom stereocenters. The summed E-state index contributed by atoms with van der Waals surface area (Å²) in [5.41, 5.74) is 0.852. The smallest absolute Gasteiger partial charge is 0.305 e. The SMILES string of the molecule is CC(=O)OCOc1c(F)cc2c(-c3ccc(C=O)cc3)c3cc(F)c(=O)cc-3oc2c1Br. The highest BCUT2D eigenvalue weighted by atomic mass is 79.9. The Morgan fingerprint density at radius 2 is 1.84 bits per heavy atom. The van der Waals surface area contributed by atoms with E-state index < -0.39 is 29.8 Å². The molecule has 4 rings (SSSR count). The number of rotatable bonds is 5. The van der Waals surface area contributed by atoms with Gasteiger partial charge in [0, 0.05) is 35.1 Å². The van der Waals surface area contributed by atoms with Gasteiger partial charge in [0.15, 0.2) is 23.0 Å². The summed E-state index contributed by atoms with van der Waals surface area (Å²) in [7, 11) is 0. The molecule has 0 bridgehead atoms. The number of ether oxygens (including phenoxy) is 2. The fourth-order valence-corrected chi connectivity index (χ4v) is 3.88. The van der Waals surface area contributed by atoms with E-state index in [0.29, 0.717) is 23.0 Å². The average Bonchev–Trinajstić information content (AvgIpc) is 2.76. The van der Waals surface area contributed by atoms with Gasteiger partial charge in [-0.3, -0.25) is 14.4 Å². The Hall–Kier alpha value is -3.59. The second-order valence-corrected chi connectivity index (χ2v) is 7.56. The van der Waals surface area contributed by atoms with Crippen LogP contribution in [0.4, 0.5) is 8.78 Å². The van der Waals surface area contributed by atoms with Gasteiger partial charge in [0.2, 0.25) is 12.2 Å². The second kappa shape index (κ2) is 8.51. The number of aldehydes is 1. The largest absolute Gasteiger partial charge is 0.455 e. The van der Waals surface area contributed by atoms with Crippen LogP contribution in [0.5, 0.6) is 5.75 Å². The number of esters is 1. The van der Waals surface area contributed by atoms with Crippen LogP contribution in [0.1, 0.15) is 17.3 Å². The van der Waals surface area contributed by atoms with Crippen LogP contribution in [0.15, 0.2) is 56.1 Å². The first-order valence-corrected chi connectivity index (χ1v) is 9.99.